The van der Waals surface area contributed by atoms with E-state index in [1.54, 1.807) is 0 Å². The van der Waals surface area contributed by atoms with E-state index in [4.69, 9.17) is 4.74 Å². The molecule has 0 aromatic carbocycles. The predicted octanol–water partition coefficient (Wildman–Crippen LogP) is 5.08. The summed E-state index contributed by atoms with van der Waals surface area (Å²) in [7, 11) is 0. The molecule has 0 spiro atoms. The van der Waals surface area contributed by atoms with Crippen LogP contribution in [0.5, 0.6) is 0 Å². The zero-order chi connectivity index (χ0) is 15.9. The summed E-state index contributed by atoms with van der Waals surface area (Å²) in [5.41, 5.74) is 0.922. The van der Waals surface area contributed by atoms with Crippen LogP contribution in [0.25, 0.3) is 0 Å². The van der Waals surface area contributed by atoms with Gasteiger partial charge in [0.2, 0.25) is 0 Å². The highest BCUT2D eigenvalue weighted by Gasteiger charge is 2.30. The van der Waals surface area contributed by atoms with Gasteiger partial charge in [0, 0.05) is 12.6 Å². The molecular formula is C18H31NO2. The van der Waals surface area contributed by atoms with E-state index in [1.807, 2.05) is 32.6 Å². The zero-order valence-corrected chi connectivity index (χ0v) is 14.3. The monoisotopic (exact) mass is 293 g/mol. The van der Waals surface area contributed by atoms with E-state index >= 15 is 0 Å². The number of likely N-dealkylation sites (tertiary alicyclic amines) is 1. The van der Waals surface area contributed by atoms with Gasteiger partial charge in [-0.2, -0.15) is 0 Å². The van der Waals surface area contributed by atoms with Crippen LogP contribution in [0.4, 0.5) is 4.79 Å². The fourth-order valence-electron chi connectivity index (χ4n) is 2.73. The minimum Gasteiger partial charge on any atom is -0.444 e. The van der Waals surface area contributed by atoms with Crippen molar-refractivity contribution in [3.8, 4) is 0 Å². The average Bonchev–Trinajstić information content (AvgIpc) is 2.42. The van der Waals surface area contributed by atoms with Crippen molar-refractivity contribution in [1.82, 2.24) is 4.90 Å². The highest BCUT2D eigenvalue weighted by Crippen LogP contribution is 2.25. The van der Waals surface area contributed by atoms with Crippen molar-refractivity contribution in [2.45, 2.75) is 78.4 Å². The second-order valence-electron chi connectivity index (χ2n) is 6.73. The Morgan fingerprint density at radius 1 is 1.29 bits per heavy atom. The molecule has 0 saturated carbocycles. The van der Waals surface area contributed by atoms with Crippen LogP contribution in [-0.4, -0.2) is 29.2 Å². The van der Waals surface area contributed by atoms with Gasteiger partial charge in [0.25, 0.3) is 0 Å². The maximum absolute atomic E-state index is 12.3. The third kappa shape index (κ3) is 6.36. The molecule has 0 aromatic rings. The van der Waals surface area contributed by atoms with Crippen LogP contribution in [0.2, 0.25) is 0 Å². The molecule has 0 radical (unpaired) electrons. The summed E-state index contributed by atoms with van der Waals surface area (Å²) in [5, 5.41) is 0. The smallest absolute Gasteiger partial charge is 0.410 e. The Bertz CT molecular complexity index is 391. The summed E-state index contributed by atoms with van der Waals surface area (Å²) in [6.07, 6.45) is 11.6. The zero-order valence-electron chi connectivity index (χ0n) is 14.3. The van der Waals surface area contributed by atoms with Gasteiger partial charge in [0.15, 0.2) is 0 Å². The molecule has 1 aliphatic heterocycles. The van der Waals surface area contributed by atoms with Crippen molar-refractivity contribution in [2.75, 3.05) is 6.54 Å². The molecule has 0 aromatic heterocycles. The van der Waals surface area contributed by atoms with Gasteiger partial charge in [-0.3, -0.25) is 0 Å². The van der Waals surface area contributed by atoms with Crippen LogP contribution in [0.1, 0.15) is 66.7 Å². The Hall–Kier alpha value is -1.25. The Morgan fingerprint density at radius 3 is 2.57 bits per heavy atom. The maximum Gasteiger partial charge on any atom is 0.410 e. The van der Waals surface area contributed by atoms with Crippen molar-refractivity contribution in [1.29, 1.82) is 0 Å². The van der Waals surface area contributed by atoms with Crippen molar-refractivity contribution in [3.63, 3.8) is 0 Å². The Labute approximate surface area is 130 Å². The van der Waals surface area contributed by atoms with Crippen LogP contribution in [0.15, 0.2) is 23.8 Å². The lowest BCUT2D eigenvalue weighted by Gasteiger charge is -2.37. The summed E-state index contributed by atoms with van der Waals surface area (Å²) in [6, 6.07) is 0.314. The van der Waals surface area contributed by atoms with Gasteiger partial charge in [0.05, 0.1) is 0 Å². The van der Waals surface area contributed by atoms with Crippen LogP contribution in [0, 0.1) is 0 Å². The highest BCUT2D eigenvalue weighted by molar-refractivity contribution is 5.68. The fraction of sp³-hybridized carbons (Fsp3) is 0.722. The first kappa shape index (κ1) is 17.8. The van der Waals surface area contributed by atoms with Crippen LogP contribution in [0.3, 0.4) is 0 Å². The third-order valence-corrected chi connectivity index (χ3v) is 3.77. The largest absolute Gasteiger partial charge is 0.444 e. The number of hydrogen-bond donors (Lipinski definition) is 0. The summed E-state index contributed by atoms with van der Waals surface area (Å²) >= 11 is 0. The van der Waals surface area contributed by atoms with Crippen molar-refractivity contribution < 1.29 is 9.53 Å². The van der Waals surface area contributed by atoms with Crippen LogP contribution >= 0.6 is 0 Å². The van der Waals surface area contributed by atoms with Crippen LogP contribution in [-0.2, 0) is 4.74 Å². The lowest BCUT2D eigenvalue weighted by molar-refractivity contribution is 0.00893. The van der Waals surface area contributed by atoms with Gasteiger partial charge in [-0.05, 0) is 66.7 Å². The van der Waals surface area contributed by atoms with Gasteiger partial charge in [-0.1, -0.05) is 23.8 Å². The van der Waals surface area contributed by atoms with E-state index in [9.17, 15) is 4.79 Å². The number of ether oxygens (including phenoxy) is 1. The van der Waals surface area contributed by atoms with Crippen molar-refractivity contribution >= 4 is 6.09 Å². The Kier molecular flexibility index (Phi) is 7.00. The average molecular weight is 293 g/mol. The number of allylic oxidation sites excluding steroid dienone is 4. The molecule has 1 amide bonds. The predicted molar refractivity (Wildman–Crippen MR) is 88.4 cm³/mol. The van der Waals surface area contributed by atoms with E-state index in [1.165, 1.54) is 12.0 Å². The molecule has 0 N–H and O–H groups in total. The lowest BCUT2D eigenvalue weighted by Crippen LogP contribution is -2.46. The molecule has 120 valence electrons. The summed E-state index contributed by atoms with van der Waals surface area (Å²) in [6.45, 7) is 10.7. The SMILES string of the molecule is C/C=C\C(=C/C)CCC1CCCCN1C(=O)OC(C)(C)C. The quantitative estimate of drug-likeness (QED) is 0.677. The number of amides is 1. The normalized spacial score (nSPS) is 20.9. The summed E-state index contributed by atoms with van der Waals surface area (Å²) < 4.78 is 5.55. The minimum atomic E-state index is -0.418. The highest BCUT2D eigenvalue weighted by atomic mass is 16.6. The van der Waals surface area contributed by atoms with Gasteiger partial charge in [-0.25, -0.2) is 4.79 Å². The van der Waals surface area contributed by atoms with Crippen molar-refractivity contribution in [3.05, 3.63) is 23.8 Å². The van der Waals surface area contributed by atoms with Gasteiger partial charge < -0.3 is 9.64 Å². The molecular weight excluding hydrogens is 262 g/mol. The van der Waals surface area contributed by atoms with E-state index in [0.717, 1.165) is 32.2 Å². The van der Waals surface area contributed by atoms with Crippen LogP contribution < -0.4 is 0 Å². The molecule has 21 heavy (non-hydrogen) atoms. The fourth-order valence-corrected chi connectivity index (χ4v) is 2.73. The molecule has 3 nitrogen and oxygen atoms in total. The lowest BCUT2D eigenvalue weighted by atomic mass is 9.96. The molecule has 1 fully saturated rings. The number of carbonyl (C=O) groups is 1. The van der Waals surface area contributed by atoms with Crippen molar-refractivity contribution in [2.24, 2.45) is 0 Å². The summed E-state index contributed by atoms with van der Waals surface area (Å²) in [4.78, 5) is 14.3. The Balaban J connectivity index is 2.63. The number of hydrogen-bond acceptors (Lipinski definition) is 2. The molecule has 1 heterocycles. The van der Waals surface area contributed by atoms with E-state index in [0.29, 0.717) is 6.04 Å². The third-order valence-electron chi connectivity index (χ3n) is 3.77. The number of nitrogens with zero attached hydrogens (tertiary/aromatic N) is 1. The first-order chi connectivity index (χ1) is 9.87. The molecule has 1 rings (SSSR count). The first-order valence-electron chi connectivity index (χ1n) is 8.15. The van der Waals surface area contributed by atoms with Gasteiger partial charge >= 0.3 is 6.09 Å². The topological polar surface area (TPSA) is 29.5 Å². The molecule has 3 heteroatoms. The van der Waals surface area contributed by atoms with Gasteiger partial charge in [0.1, 0.15) is 5.60 Å². The first-order valence-corrected chi connectivity index (χ1v) is 8.15. The second kappa shape index (κ2) is 8.26. The molecule has 1 aliphatic rings. The second-order valence-corrected chi connectivity index (χ2v) is 6.73. The van der Waals surface area contributed by atoms with E-state index < -0.39 is 5.60 Å². The molecule has 0 aliphatic carbocycles. The number of carbonyl (C=O) groups excluding carboxylic acids is 1. The Morgan fingerprint density at radius 2 is 2.00 bits per heavy atom. The number of piperidine rings is 1. The van der Waals surface area contributed by atoms with E-state index in [2.05, 4.69) is 25.2 Å². The maximum atomic E-state index is 12.3. The minimum absolute atomic E-state index is 0.153. The van der Waals surface area contributed by atoms with E-state index in [-0.39, 0.29) is 6.09 Å². The molecule has 1 unspecified atom stereocenters. The standard InChI is InChI=1S/C18H31NO2/c1-6-10-15(7-2)12-13-16-11-8-9-14-19(16)17(20)21-18(3,4)5/h6-7,10,16H,8-9,11-14H2,1-5H3/b10-6-,15-7+. The molecule has 1 saturated heterocycles. The molecule has 0 bridgehead atoms. The molecule has 1 atom stereocenters. The van der Waals surface area contributed by atoms with Gasteiger partial charge in [-0.15, -0.1) is 0 Å². The number of rotatable bonds is 4. The summed E-state index contributed by atoms with van der Waals surface area (Å²) in [5.74, 6) is 0.